The lowest BCUT2D eigenvalue weighted by Crippen LogP contribution is -2.20. The molecule has 0 unspecified atom stereocenters. The Labute approximate surface area is 113 Å². The number of thiocarbonyl (C=S) groups is 1. The van der Waals surface area contributed by atoms with E-state index in [4.69, 9.17) is 27.4 Å². The summed E-state index contributed by atoms with van der Waals surface area (Å²) in [5, 5.41) is 0. The Hall–Kier alpha value is -1.29. The van der Waals surface area contributed by atoms with Gasteiger partial charge in [0.1, 0.15) is 11.5 Å². The van der Waals surface area contributed by atoms with Crippen LogP contribution < -0.4 is 15.2 Å². The molecule has 98 valence electrons. The van der Waals surface area contributed by atoms with Gasteiger partial charge in [0.25, 0.3) is 0 Å². The summed E-state index contributed by atoms with van der Waals surface area (Å²) < 4.78 is 11.2. The van der Waals surface area contributed by atoms with Gasteiger partial charge in [0.05, 0.1) is 18.2 Å². The van der Waals surface area contributed by atoms with Crippen LogP contribution in [0.3, 0.4) is 0 Å². The van der Waals surface area contributed by atoms with Crippen molar-refractivity contribution < 1.29 is 9.47 Å². The van der Waals surface area contributed by atoms with Crippen LogP contribution in [-0.4, -0.2) is 18.2 Å². The lowest BCUT2D eigenvalue weighted by Gasteiger charge is -2.15. The lowest BCUT2D eigenvalue weighted by molar-refractivity contribution is 0.238. The zero-order chi connectivity index (χ0) is 13.0. The summed E-state index contributed by atoms with van der Waals surface area (Å²) in [7, 11) is 0. The van der Waals surface area contributed by atoms with Crippen molar-refractivity contribution in [2.45, 2.75) is 26.2 Å². The fourth-order valence-corrected chi connectivity index (χ4v) is 2.26. The molecule has 1 aliphatic carbocycles. The first kappa shape index (κ1) is 13.1. The molecule has 4 heteroatoms. The van der Waals surface area contributed by atoms with Gasteiger partial charge in [0.2, 0.25) is 0 Å². The van der Waals surface area contributed by atoms with E-state index < -0.39 is 0 Å². The van der Waals surface area contributed by atoms with Crippen LogP contribution in [0, 0.1) is 5.41 Å². The Bertz CT molecular complexity index is 412. The molecule has 0 aliphatic heterocycles. The Morgan fingerprint density at radius 2 is 1.78 bits per heavy atom. The zero-order valence-electron chi connectivity index (χ0n) is 10.6. The third kappa shape index (κ3) is 3.60. The van der Waals surface area contributed by atoms with Gasteiger partial charge in [-0.3, -0.25) is 0 Å². The van der Waals surface area contributed by atoms with E-state index in [1.807, 2.05) is 31.2 Å². The highest BCUT2D eigenvalue weighted by atomic mass is 32.1. The largest absolute Gasteiger partial charge is 0.494 e. The van der Waals surface area contributed by atoms with Gasteiger partial charge in [0, 0.05) is 11.8 Å². The van der Waals surface area contributed by atoms with E-state index in [0.29, 0.717) is 18.2 Å². The summed E-state index contributed by atoms with van der Waals surface area (Å²) in [6.07, 6.45) is 3.10. The van der Waals surface area contributed by atoms with Crippen LogP contribution >= 0.6 is 12.2 Å². The zero-order valence-corrected chi connectivity index (χ0v) is 11.5. The average Bonchev–Trinajstić information content (AvgIpc) is 3.08. The van der Waals surface area contributed by atoms with Crippen molar-refractivity contribution >= 4 is 17.2 Å². The van der Waals surface area contributed by atoms with Gasteiger partial charge in [-0.1, -0.05) is 12.2 Å². The van der Waals surface area contributed by atoms with Gasteiger partial charge < -0.3 is 15.2 Å². The molecule has 2 rings (SSSR count). The summed E-state index contributed by atoms with van der Waals surface area (Å²) in [5.74, 6) is 1.74. The molecular formula is C14H19NO2S. The highest BCUT2D eigenvalue weighted by molar-refractivity contribution is 7.80. The van der Waals surface area contributed by atoms with Gasteiger partial charge in [0.15, 0.2) is 0 Å². The van der Waals surface area contributed by atoms with Crippen molar-refractivity contribution in [1.29, 1.82) is 0 Å². The molecule has 1 aliphatic rings. The van der Waals surface area contributed by atoms with Gasteiger partial charge in [-0.25, -0.2) is 0 Å². The second-order valence-electron chi connectivity index (χ2n) is 4.84. The average molecular weight is 265 g/mol. The third-order valence-corrected chi connectivity index (χ3v) is 3.33. The number of hydrogen-bond donors (Lipinski definition) is 1. The van der Waals surface area contributed by atoms with Gasteiger partial charge >= 0.3 is 0 Å². The molecule has 0 atom stereocenters. The third-order valence-electron chi connectivity index (χ3n) is 3.19. The first-order valence-electron chi connectivity index (χ1n) is 6.27. The van der Waals surface area contributed by atoms with Gasteiger partial charge in [-0.15, -0.1) is 0 Å². The van der Waals surface area contributed by atoms with E-state index in [9.17, 15) is 0 Å². The molecule has 0 bridgehead atoms. The maximum atomic E-state index is 5.80. The minimum Gasteiger partial charge on any atom is -0.494 e. The molecule has 0 spiro atoms. The van der Waals surface area contributed by atoms with E-state index in [-0.39, 0.29) is 5.41 Å². The van der Waals surface area contributed by atoms with E-state index >= 15 is 0 Å². The molecule has 0 amide bonds. The number of nitrogens with two attached hydrogens (primary N) is 1. The Morgan fingerprint density at radius 1 is 1.22 bits per heavy atom. The van der Waals surface area contributed by atoms with E-state index in [2.05, 4.69) is 0 Å². The fraction of sp³-hybridized carbons (Fsp3) is 0.500. The van der Waals surface area contributed by atoms with Crippen LogP contribution in [-0.2, 0) is 0 Å². The predicted molar refractivity (Wildman–Crippen MR) is 76.2 cm³/mol. The maximum absolute atomic E-state index is 5.80. The number of ether oxygens (including phenoxy) is 2. The lowest BCUT2D eigenvalue weighted by atomic mass is 10.0. The minimum atomic E-state index is 0.199. The quantitative estimate of drug-likeness (QED) is 0.770. The minimum absolute atomic E-state index is 0.199. The Morgan fingerprint density at radius 3 is 2.22 bits per heavy atom. The van der Waals surface area contributed by atoms with Gasteiger partial charge in [-0.05, 0) is 44.0 Å². The van der Waals surface area contributed by atoms with Crippen LogP contribution in [0.5, 0.6) is 11.5 Å². The van der Waals surface area contributed by atoms with E-state index in [1.165, 1.54) is 0 Å². The van der Waals surface area contributed by atoms with E-state index in [1.54, 1.807) is 0 Å². The summed E-state index contributed by atoms with van der Waals surface area (Å²) in [4.78, 5) is 0.586. The highest BCUT2D eigenvalue weighted by Gasteiger charge is 2.43. The van der Waals surface area contributed by atoms with E-state index in [0.717, 1.165) is 30.8 Å². The van der Waals surface area contributed by atoms with Crippen molar-refractivity contribution in [3.05, 3.63) is 24.3 Å². The normalized spacial score (nSPS) is 16.1. The van der Waals surface area contributed by atoms with Crippen molar-refractivity contribution in [3.8, 4) is 11.5 Å². The molecule has 3 nitrogen and oxygen atoms in total. The Balaban J connectivity index is 1.85. The molecule has 1 aromatic carbocycles. The molecule has 0 radical (unpaired) electrons. The molecule has 18 heavy (non-hydrogen) atoms. The molecule has 1 fully saturated rings. The van der Waals surface area contributed by atoms with Crippen LogP contribution in [0.2, 0.25) is 0 Å². The molecule has 0 heterocycles. The second kappa shape index (κ2) is 5.57. The summed E-state index contributed by atoms with van der Waals surface area (Å²) in [5.41, 5.74) is 5.80. The van der Waals surface area contributed by atoms with Crippen LogP contribution in [0.15, 0.2) is 24.3 Å². The molecule has 2 N–H and O–H groups in total. The maximum Gasteiger partial charge on any atom is 0.119 e. The SMILES string of the molecule is CCOc1ccc(OCC2(CC(N)=S)CC2)cc1. The fourth-order valence-electron chi connectivity index (χ4n) is 1.95. The standard InChI is InChI=1S/C14H19NO2S/c1-2-16-11-3-5-12(6-4-11)17-10-14(7-8-14)9-13(15)18/h3-6H,2,7-10H2,1H3,(H2,15,18). The van der Waals surface area contributed by atoms with Crippen molar-refractivity contribution in [2.24, 2.45) is 11.1 Å². The van der Waals surface area contributed by atoms with Crippen molar-refractivity contribution in [3.63, 3.8) is 0 Å². The highest BCUT2D eigenvalue weighted by Crippen LogP contribution is 2.49. The van der Waals surface area contributed by atoms with Gasteiger partial charge in [-0.2, -0.15) is 0 Å². The summed E-state index contributed by atoms with van der Waals surface area (Å²) >= 11 is 4.97. The van der Waals surface area contributed by atoms with Crippen LogP contribution in [0.25, 0.3) is 0 Å². The van der Waals surface area contributed by atoms with Crippen LogP contribution in [0.1, 0.15) is 26.2 Å². The molecular weight excluding hydrogens is 246 g/mol. The summed E-state index contributed by atoms with van der Waals surface area (Å²) in [6, 6.07) is 7.71. The number of benzene rings is 1. The van der Waals surface area contributed by atoms with Crippen molar-refractivity contribution in [1.82, 2.24) is 0 Å². The topological polar surface area (TPSA) is 44.5 Å². The molecule has 1 saturated carbocycles. The predicted octanol–water partition coefficient (Wildman–Crippen LogP) is 2.92. The Kier molecular flexibility index (Phi) is 4.07. The summed E-state index contributed by atoms with van der Waals surface area (Å²) in [6.45, 7) is 3.34. The second-order valence-corrected chi connectivity index (χ2v) is 5.36. The first-order valence-corrected chi connectivity index (χ1v) is 6.68. The smallest absolute Gasteiger partial charge is 0.119 e. The molecule has 0 saturated heterocycles. The number of hydrogen-bond acceptors (Lipinski definition) is 3. The van der Waals surface area contributed by atoms with Crippen LogP contribution in [0.4, 0.5) is 0 Å². The molecule has 1 aromatic rings. The first-order chi connectivity index (χ1) is 8.63. The monoisotopic (exact) mass is 265 g/mol. The number of rotatable bonds is 7. The molecule has 0 aromatic heterocycles. The van der Waals surface area contributed by atoms with Crippen molar-refractivity contribution in [2.75, 3.05) is 13.2 Å².